The fourth-order valence-corrected chi connectivity index (χ4v) is 7.12. The highest BCUT2D eigenvalue weighted by molar-refractivity contribution is 5.76. The van der Waals surface area contributed by atoms with Crippen molar-refractivity contribution in [2.24, 2.45) is 29.1 Å². The number of epoxide rings is 1. The number of nitrogens with zero attached hydrogens (tertiary/aromatic N) is 1. The van der Waals surface area contributed by atoms with Crippen LogP contribution in [0.2, 0.25) is 0 Å². The third kappa shape index (κ3) is 3.40. The molecule has 0 aromatic carbocycles. The predicted molar refractivity (Wildman–Crippen MR) is 106 cm³/mol. The lowest BCUT2D eigenvalue weighted by Gasteiger charge is -2.51. The number of piperidine rings is 1. The lowest BCUT2D eigenvalue weighted by atomic mass is 9.53. The molecule has 0 bridgehead atoms. The predicted octanol–water partition coefficient (Wildman–Crippen LogP) is 2.79. The Morgan fingerprint density at radius 2 is 2.14 bits per heavy atom. The van der Waals surface area contributed by atoms with Crippen LogP contribution in [0.25, 0.3) is 0 Å². The molecular formula is C23H35NO5. The summed E-state index contributed by atoms with van der Waals surface area (Å²) in [4.78, 5) is 27.3. The standard InChI is InChI=1S/C23H35NO5/c1-3-27-20(25)15-6-4-9-24(12-15)13-17-16-10-19-22(2,11-18(16)29-21(17)26)7-5-8-23(19)14-28-23/h15-19H,3-14H2,1-2H3/t15-,16-,17+,18-,19-,22-,23+/m1/s1. The van der Waals surface area contributed by atoms with Gasteiger partial charge < -0.3 is 19.1 Å². The van der Waals surface area contributed by atoms with Crippen LogP contribution in [0, 0.1) is 29.1 Å². The van der Waals surface area contributed by atoms with E-state index in [2.05, 4.69) is 11.8 Å². The molecule has 0 radical (unpaired) electrons. The van der Waals surface area contributed by atoms with Crippen molar-refractivity contribution in [3.05, 3.63) is 0 Å². The second-order valence-corrected chi connectivity index (χ2v) is 10.4. The van der Waals surface area contributed by atoms with E-state index >= 15 is 0 Å². The van der Waals surface area contributed by atoms with Crippen molar-refractivity contribution < 1.29 is 23.8 Å². The van der Waals surface area contributed by atoms with Gasteiger partial charge in [-0.05, 0) is 69.7 Å². The number of esters is 2. The first-order valence-electron chi connectivity index (χ1n) is 11.7. The average Bonchev–Trinajstić information content (AvgIpc) is 3.40. The fraction of sp³-hybridized carbons (Fsp3) is 0.913. The van der Waals surface area contributed by atoms with Crippen LogP contribution in [0.4, 0.5) is 0 Å². The Morgan fingerprint density at radius 3 is 2.90 bits per heavy atom. The summed E-state index contributed by atoms with van der Waals surface area (Å²) in [5.74, 6) is 0.605. The Kier molecular flexibility index (Phi) is 4.93. The van der Waals surface area contributed by atoms with Crippen LogP contribution in [0.15, 0.2) is 0 Å². The molecule has 0 unspecified atom stereocenters. The Hall–Kier alpha value is -1.14. The highest BCUT2D eigenvalue weighted by Crippen LogP contribution is 2.62. The van der Waals surface area contributed by atoms with Gasteiger partial charge in [0.05, 0.1) is 30.7 Å². The summed E-state index contributed by atoms with van der Waals surface area (Å²) in [5, 5.41) is 0. The Morgan fingerprint density at radius 1 is 1.31 bits per heavy atom. The van der Waals surface area contributed by atoms with Crippen LogP contribution in [-0.4, -0.2) is 61.4 Å². The van der Waals surface area contributed by atoms with E-state index in [1.54, 1.807) is 0 Å². The molecule has 0 N–H and O–H groups in total. The first-order valence-corrected chi connectivity index (χ1v) is 11.7. The summed E-state index contributed by atoms with van der Waals surface area (Å²) in [6.45, 7) is 7.94. The molecule has 3 aliphatic heterocycles. The SMILES string of the molecule is CCOC(=O)[C@@H]1CCCN(C[C@@H]2C(=O)O[C@@H]3C[C@@]4(C)CCC[C@]5(CO5)[C@@H]4C[C@H]23)C1. The van der Waals surface area contributed by atoms with Crippen LogP contribution in [0.3, 0.4) is 0 Å². The molecule has 5 rings (SSSR count). The zero-order valence-electron chi connectivity index (χ0n) is 17.9. The summed E-state index contributed by atoms with van der Waals surface area (Å²) in [5.41, 5.74) is 0.333. The van der Waals surface area contributed by atoms with Gasteiger partial charge in [0.15, 0.2) is 0 Å². The number of rotatable bonds is 4. The third-order valence-electron chi connectivity index (χ3n) is 8.66. The maximum absolute atomic E-state index is 12.8. The first-order chi connectivity index (χ1) is 13.9. The van der Waals surface area contributed by atoms with Crippen molar-refractivity contribution in [2.45, 2.75) is 70.5 Å². The maximum Gasteiger partial charge on any atom is 0.310 e. The topological polar surface area (TPSA) is 68.4 Å². The highest BCUT2D eigenvalue weighted by Gasteiger charge is 2.65. The van der Waals surface area contributed by atoms with E-state index in [-0.39, 0.29) is 40.9 Å². The smallest absolute Gasteiger partial charge is 0.310 e. The molecule has 7 atom stereocenters. The molecule has 0 aromatic rings. The van der Waals surface area contributed by atoms with Crippen molar-refractivity contribution in [2.75, 3.05) is 32.8 Å². The minimum absolute atomic E-state index is 0.0220. The van der Waals surface area contributed by atoms with E-state index in [0.717, 1.165) is 38.8 Å². The molecule has 6 heteroatoms. The molecule has 2 aliphatic carbocycles. The fourth-order valence-electron chi connectivity index (χ4n) is 7.12. The molecule has 1 spiro atoms. The molecule has 6 nitrogen and oxygen atoms in total. The number of carbonyl (C=O) groups is 2. The van der Waals surface area contributed by atoms with Gasteiger partial charge in [0.1, 0.15) is 6.10 Å². The molecule has 162 valence electrons. The highest BCUT2D eigenvalue weighted by atomic mass is 16.6. The van der Waals surface area contributed by atoms with Crippen LogP contribution in [0.1, 0.15) is 58.8 Å². The average molecular weight is 406 g/mol. The molecule has 5 fully saturated rings. The summed E-state index contributed by atoms with van der Waals surface area (Å²) in [6.07, 6.45) is 7.60. The number of fused-ring (bicyclic) bond motifs is 3. The van der Waals surface area contributed by atoms with Crippen molar-refractivity contribution >= 4 is 11.9 Å². The van der Waals surface area contributed by atoms with Crippen LogP contribution in [0.5, 0.6) is 0 Å². The third-order valence-corrected chi connectivity index (χ3v) is 8.66. The molecule has 2 saturated carbocycles. The van der Waals surface area contributed by atoms with Crippen molar-refractivity contribution in [1.82, 2.24) is 4.90 Å². The first kappa shape index (κ1) is 19.8. The zero-order valence-corrected chi connectivity index (χ0v) is 17.9. The van der Waals surface area contributed by atoms with Gasteiger partial charge in [0.2, 0.25) is 0 Å². The molecule has 0 amide bonds. The monoisotopic (exact) mass is 405 g/mol. The van der Waals surface area contributed by atoms with Crippen LogP contribution < -0.4 is 0 Å². The van der Waals surface area contributed by atoms with E-state index < -0.39 is 0 Å². The minimum atomic E-state index is -0.0902. The Balaban J connectivity index is 1.28. The lowest BCUT2D eigenvalue weighted by molar-refractivity contribution is -0.150. The van der Waals surface area contributed by atoms with Crippen LogP contribution in [-0.2, 0) is 23.8 Å². The van der Waals surface area contributed by atoms with E-state index in [1.807, 2.05) is 6.92 Å². The second kappa shape index (κ2) is 7.23. The normalized spacial score (nSPS) is 46.7. The Bertz CT molecular complexity index is 676. The largest absolute Gasteiger partial charge is 0.466 e. The van der Waals surface area contributed by atoms with Gasteiger partial charge in [-0.15, -0.1) is 0 Å². The van der Waals surface area contributed by atoms with Gasteiger partial charge in [-0.2, -0.15) is 0 Å². The van der Waals surface area contributed by atoms with E-state index in [4.69, 9.17) is 14.2 Å². The molecule has 29 heavy (non-hydrogen) atoms. The van der Waals surface area contributed by atoms with Gasteiger partial charge in [-0.25, -0.2) is 0 Å². The summed E-state index contributed by atoms with van der Waals surface area (Å²) in [6, 6.07) is 0. The molecule has 5 aliphatic rings. The van der Waals surface area contributed by atoms with Crippen molar-refractivity contribution in [3.63, 3.8) is 0 Å². The summed E-state index contributed by atoms with van der Waals surface area (Å²) < 4.78 is 17.2. The van der Waals surface area contributed by atoms with E-state index in [1.165, 1.54) is 19.3 Å². The van der Waals surface area contributed by atoms with E-state index in [9.17, 15) is 9.59 Å². The van der Waals surface area contributed by atoms with Gasteiger partial charge in [-0.3, -0.25) is 9.59 Å². The lowest BCUT2D eigenvalue weighted by Crippen LogP contribution is -2.51. The van der Waals surface area contributed by atoms with Crippen molar-refractivity contribution in [1.29, 1.82) is 0 Å². The van der Waals surface area contributed by atoms with Crippen molar-refractivity contribution in [3.8, 4) is 0 Å². The quantitative estimate of drug-likeness (QED) is 0.529. The number of likely N-dealkylation sites (tertiary alicyclic amines) is 1. The van der Waals surface area contributed by atoms with Crippen LogP contribution >= 0.6 is 0 Å². The second-order valence-electron chi connectivity index (χ2n) is 10.4. The van der Waals surface area contributed by atoms with Gasteiger partial charge in [0.25, 0.3) is 0 Å². The molecule has 3 heterocycles. The van der Waals surface area contributed by atoms with E-state index in [0.29, 0.717) is 31.5 Å². The summed E-state index contributed by atoms with van der Waals surface area (Å²) >= 11 is 0. The maximum atomic E-state index is 12.8. The number of hydrogen-bond acceptors (Lipinski definition) is 6. The van der Waals surface area contributed by atoms with Gasteiger partial charge in [0, 0.05) is 19.0 Å². The Labute approximate surface area is 173 Å². The van der Waals surface area contributed by atoms with Gasteiger partial charge in [-0.1, -0.05) is 6.92 Å². The molecule has 3 saturated heterocycles. The van der Waals surface area contributed by atoms with Gasteiger partial charge >= 0.3 is 11.9 Å². The zero-order chi connectivity index (χ0) is 20.2. The molecule has 0 aromatic heterocycles. The number of ether oxygens (including phenoxy) is 3. The summed E-state index contributed by atoms with van der Waals surface area (Å²) in [7, 11) is 0. The molecular weight excluding hydrogens is 370 g/mol. The number of carbonyl (C=O) groups excluding carboxylic acids is 2. The number of hydrogen-bond donors (Lipinski definition) is 0. The minimum Gasteiger partial charge on any atom is -0.466 e.